The lowest BCUT2D eigenvalue weighted by atomic mass is 10.1. The number of amides is 1. The van der Waals surface area contributed by atoms with Crippen molar-refractivity contribution in [2.75, 3.05) is 13.1 Å². The van der Waals surface area contributed by atoms with E-state index in [-0.39, 0.29) is 18.1 Å². The van der Waals surface area contributed by atoms with Crippen molar-refractivity contribution in [3.63, 3.8) is 0 Å². The Morgan fingerprint density at radius 1 is 1.24 bits per heavy atom. The summed E-state index contributed by atoms with van der Waals surface area (Å²) in [4.78, 5) is 11.4. The Balaban J connectivity index is 2.13. The van der Waals surface area contributed by atoms with Crippen LogP contribution in [0, 0.1) is 0 Å². The highest BCUT2D eigenvalue weighted by Crippen LogP contribution is 2.17. The first-order valence-corrected chi connectivity index (χ1v) is 6.92. The number of aliphatic hydroxyl groups excluding tert-OH is 1. The molecule has 100 valence electrons. The van der Waals surface area contributed by atoms with Crippen LogP contribution >= 0.6 is 0 Å². The standard InChI is InChI=1S/C13H26N2O2/c1-2-9-15-13(17)8-10-14-11-6-4-3-5-7-12(11)16/h11-12,14,16H,2-10H2,1H3,(H,15,17). The molecule has 1 aliphatic rings. The summed E-state index contributed by atoms with van der Waals surface area (Å²) in [7, 11) is 0. The molecule has 2 atom stereocenters. The molecule has 0 bridgehead atoms. The van der Waals surface area contributed by atoms with Gasteiger partial charge >= 0.3 is 0 Å². The van der Waals surface area contributed by atoms with Gasteiger partial charge in [-0.15, -0.1) is 0 Å². The van der Waals surface area contributed by atoms with Gasteiger partial charge in [0.1, 0.15) is 0 Å². The lowest BCUT2D eigenvalue weighted by molar-refractivity contribution is -0.121. The van der Waals surface area contributed by atoms with Gasteiger partial charge in [0.15, 0.2) is 0 Å². The lowest BCUT2D eigenvalue weighted by Crippen LogP contribution is -2.40. The average molecular weight is 242 g/mol. The van der Waals surface area contributed by atoms with Crippen LogP contribution in [0.15, 0.2) is 0 Å². The molecular formula is C13H26N2O2. The molecule has 0 radical (unpaired) electrons. The summed E-state index contributed by atoms with van der Waals surface area (Å²) in [6, 6.07) is 0.177. The molecule has 1 saturated carbocycles. The van der Waals surface area contributed by atoms with Crippen LogP contribution in [0.25, 0.3) is 0 Å². The monoisotopic (exact) mass is 242 g/mol. The first-order valence-electron chi connectivity index (χ1n) is 6.92. The van der Waals surface area contributed by atoms with E-state index in [0.717, 1.165) is 32.2 Å². The largest absolute Gasteiger partial charge is 0.392 e. The number of nitrogens with one attached hydrogen (secondary N) is 2. The second kappa shape index (κ2) is 8.48. The molecule has 0 heterocycles. The van der Waals surface area contributed by atoms with Crippen molar-refractivity contribution in [2.45, 2.75) is 64.0 Å². The molecule has 0 spiro atoms. The lowest BCUT2D eigenvalue weighted by Gasteiger charge is -2.21. The zero-order valence-electron chi connectivity index (χ0n) is 10.9. The molecule has 17 heavy (non-hydrogen) atoms. The van der Waals surface area contributed by atoms with Gasteiger partial charge < -0.3 is 15.7 Å². The molecule has 1 aliphatic carbocycles. The third-order valence-electron chi connectivity index (χ3n) is 3.31. The quantitative estimate of drug-likeness (QED) is 0.613. The van der Waals surface area contributed by atoms with E-state index in [9.17, 15) is 9.90 Å². The summed E-state index contributed by atoms with van der Waals surface area (Å²) < 4.78 is 0. The van der Waals surface area contributed by atoms with Gasteiger partial charge in [0.2, 0.25) is 5.91 Å². The minimum atomic E-state index is -0.240. The summed E-state index contributed by atoms with van der Waals surface area (Å²) in [6.07, 6.45) is 6.66. The molecule has 4 heteroatoms. The highest BCUT2D eigenvalue weighted by Gasteiger charge is 2.20. The van der Waals surface area contributed by atoms with E-state index in [4.69, 9.17) is 0 Å². The normalized spacial score (nSPS) is 25.3. The summed E-state index contributed by atoms with van der Waals surface area (Å²) in [6.45, 7) is 3.46. The zero-order chi connectivity index (χ0) is 12.5. The maximum Gasteiger partial charge on any atom is 0.221 e. The minimum absolute atomic E-state index is 0.0995. The molecule has 0 aromatic rings. The summed E-state index contributed by atoms with van der Waals surface area (Å²) in [5.41, 5.74) is 0. The van der Waals surface area contributed by atoms with Crippen molar-refractivity contribution in [1.82, 2.24) is 10.6 Å². The Kier molecular flexibility index (Phi) is 7.21. The van der Waals surface area contributed by atoms with Crippen molar-refractivity contribution < 1.29 is 9.90 Å². The van der Waals surface area contributed by atoms with E-state index < -0.39 is 0 Å². The van der Waals surface area contributed by atoms with Crippen molar-refractivity contribution in [3.05, 3.63) is 0 Å². The topological polar surface area (TPSA) is 61.4 Å². The van der Waals surface area contributed by atoms with Crippen LogP contribution in [-0.4, -0.2) is 36.2 Å². The van der Waals surface area contributed by atoms with Crippen LogP contribution in [0.3, 0.4) is 0 Å². The molecule has 0 aromatic heterocycles. The van der Waals surface area contributed by atoms with Crippen LogP contribution < -0.4 is 10.6 Å². The third kappa shape index (κ3) is 6.03. The predicted octanol–water partition coefficient (Wildman–Crippen LogP) is 1.19. The van der Waals surface area contributed by atoms with Gasteiger partial charge in [-0.3, -0.25) is 4.79 Å². The first kappa shape index (κ1) is 14.5. The molecule has 0 aromatic carbocycles. The number of aliphatic hydroxyl groups is 1. The Morgan fingerprint density at radius 2 is 2.00 bits per heavy atom. The van der Waals surface area contributed by atoms with E-state index in [1.807, 2.05) is 6.92 Å². The highest BCUT2D eigenvalue weighted by molar-refractivity contribution is 5.75. The third-order valence-corrected chi connectivity index (χ3v) is 3.31. The van der Waals surface area contributed by atoms with E-state index in [0.29, 0.717) is 13.0 Å². The smallest absolute Gasteiger partial charge is 0.221 e. The maximum absolute atomic E-state index is 11.4. The fourth-order valence-corrected chi connectivity index (χ4v) is 2.25. The second-order valence-corrected chi connectivity index (χ2v) is 4.87. The van der Waals surface area contributed by atoms with Crippen LogP contribution in [0.2, 0.25) is 0 Å². The van der Waals surface area contributed by atoms with E-state index in [2.05, 4.69) is 10.6 Å². The van der Waals surface area contributed by atoms with E-state index >= 15 is 0 Å². The number of hydrogen-bond acceptors (Lipinski definition) is 3. The van der Waals surface area contributed by atoms with Crippen molar-refractivity contribution in [1.29, 1.82) is 0 Å². The summed E-state index contributed by atoms with van der Waals surface area (Å²) in [5.74, 6) is 0.0995. The highest BCUT2D eigenvalue weighted by atomic mass is 16.3. The van der Waals surface area contributed by atoms with Crippen LogP contribution in [0.5, 0.6) is 0 Å². The maximum atomic E-state index is 11.4. The number of carbonyl (C=O) groups excluding carboxylic acids is 1. The number of carbonyl (C=O) groups is 1. The molecule has 1 rings (SSSR count). The molecular weight excluding hydrogens is 216 g/mol. The molecule has 2 unspecified atom stereocenters. The van der Waals surface area contributed by atoms with Crippen molar-refractivity contribution in [2.24, 2.45) is 0 Å². The molecule has 1 amide bonds. The Bertz CT molecular complexity index is 221. The minimum Gasteiger partial charge on any atom is -0.392 e. The van der Waals surface area contributed by atoms with Gasteiger partial charge in [0.05, 0.1) is 6.10 Å². The van der Waals surface area contributed by atoms with Gasteiger partial charge in [0, 0.05) is 25.6 Å². The Hall–Kier alpha value is -0.610. The number of rotatable bonds is 6. The molecule has 4 nitrogen and oxygen atoms in total. The fourth-order valence-electron chi connectivity index (χ4n) is 2.25. The van der Waals surface area contributed by atoms with Gasteiger partial charge in [-0.25, -0.2) is 0 Å². The fraction of sp³-hybridized carbons (Fsp3) is 0.923. The Labute approximate surface area is 104 Å². The first-order chi connectivity index (χ1) is 8.24. The SMILES string of the molecule is CCCNC(=O)CCNC1CCCCCC1O. The molecule has 3 N–H and O–H groups in total. The van der Waals surface area contributed by atoms with E-state index in [1.165, 1.54) is 12.8 Å². The molecule has 0 saturated heterocycles. The summed E-state index contributed by atoms with van der Waals surface area (Å²) in [5, 5.41) is 16.1. The van der Waals surface area contributed by atoms with Gasteiger partial charge in [0.25, 0.3) is 0 Å². The van der Waals surface area contributed by atoms with Crippen LogP contribution in [0.1, 0.15) is 51.9 Å². The molecule has 1 fully saturated rings. The van der Waals surface area contributed by atoms with Gasteiger partial charge in [-0.2, -0.15) is 0 Å². The van der Waals surface area contributed by atoms with Crippen LogP contribution in [-0.2, 0) is 4.79 Å². The predicted molar refractivity (Wildman–Crippen MR) is 68.8 cm³/mol. The van der Waals surface area contributed by atoms with E-state index in [1.54, 1.807) is 0 Å². The van der Waals surface area contributed by atoms with Gasteiger partial charge in [-0.05, 0) is 19.3 Å². The number of hydrogen-bond donors (Lipinski definition) is 3. The molecule has 0 aliphatic heterocycles. The second-order valence-electron chi connectivity index (χ2n) is 4.87. The van der Waals surface area contributed by atoms with Gasteiger partial charge in [-0.1, -0.05) is 26.2 Å². The Morgan fingerprint density at radius 3 is 2.76 bits per heavy atom. The zero-order valence-corrected chi connectivity index (χ0v) is 10.9. The average Bonchev–Trinajstić information content (AvgIpc) is 2.52. The van der Waals surface area contributed by atoms with Crippen LogP contribution in [0.4, 0.5) is 0 Å². The van der Waals surface area contributed by atoms with Crippen molar-refractivity contribution in [3.8, 4) is 0 Å². The summed E-state index contributed by atoms with van der Waals surface area (Å²) >= 11 is 0. The van der Waals surface area contributed by atoms with Crippen molar-refractivity contribution >= 4 is 5.91 Å².